The monoisotopic (exact) mass is 335 g/mol. The first kappa shape index (κ1) is 18.8. The standard InChI is InChI=1S/C19H29NO4/c1-14(2)18(21)9-11-23-12-10-20-19(22)24-13-17-15-7-5-3-4-6-8-16(15)17/h14-17H,5-13H2,1-2H3,(H,20,22)/t15-,16+,17?. The summed E-state index contributed by atoms with van der Waals surface area (Å²) in [4.78, 5) is 23.1. The van der Waals surface area contributed by atoms with Gasteiger partial charge in [-0.3, -0.25) is 4.79 Å². The number of hydrogen-bond acceptors (Lipinski definition) is 4. The van der Waals surface area contributed by atoms with Crippen LogP contribution in [0.5, 0.6) is 0 Å². The summed E-state index contributed by atoms with van der Waals surface area (Å²) in [5.74, 6) is 8.50. The molecular formula is C19H29NO4. The van der Waals surface area contributed by atoms with Crippen LogP contribution in [-0.2, 0) is 14.3 Å². The Bertz CT molecular complexity index is 473. The van der Waals surface area contributed by atoms with E-state index in [1.165, 1.54) is 0 Å². The molecule has 0 spiro atoms. The van der Waals surface area contributed by atoms with Crippen molar-refractivity contribution in [1.29, 1.82) is 0 Å². The number of fused-ring (bicyclic) bond motifs is 1. The maximum absolute atomic E-state index is 11.7. The number of rotatable bonds is 9. The zero-order valence-corrected chi connectivity index (χ0v) is 14.8. The van der Waals surface area contributed by atoms with E-state index >= 15 is 0 Å². The molecule has 24 heavy (non-hydrogen) atoms. The van der Waals surface area contributed by atoms with E-state index in [1.54, 1.807) is 0 Å². The number of ether oxygens (including phenoxy) is 2. The van der Waals surface area contributed by atoms with E-state index in [4.69, 9.17) is 9.47 Å². The third-order valence-corrected chi connectivity index (χ3v) is 4.90. The van der Waals surface area contributed by atoms with Crippen LogP contribution in [0.4, 0.5) is 4.79 Å². The molecule has 0 heterocycles. The summed E-state index contributed by atoms with van der Waals surface area (Å²) in [5.41, 5.74) is 0. The summed E-state index contributed by atoms with van der Waals surface area (Å²) in [6.07, 6.45) is 4.26. The van der Waals surface area contributed by atoms with Crippen LogP contribution in [-0.4, -0.2) is 38.2 Å². The average molecular weight is 335 g/mol. The Kier molecular flexibility index (Phi) is 7.58. The Morgan fingerprint density at radius 2 is 1.79 bits per heavy atom. The summed E-state index contributed by atoms with van der Waals surface area (Å²) in [5, 5.41) is 2.69. The average Bonchev–Trinajstić information content (AvgIpc) is 3.17. The molecule has 0 aliphatic heterocycles. The lowest BCUT2D eigenvalue weighted by Crippen LogP contribution is -2.29. The first-order valence-corrected chi connectivity index (χ1v) is 9.06. The summed E-state index contributed by atoms with van der Waals surface area (Å²) in [7, 11) is 0. The lowest BCUT2D eigenvalue weighted by molar-refractivity contribution is -0.122. The molecule has 1 saturated carbocycles. The number of carbonyl (C=O) groups excluding carboxylic acids is 2. The number of nitrogens with one attached hydrogen (secondary N) is 1. The van der Waals surface area contributed by atoms with E-state index in [0.717, 1.165) is 25.7 Å². The van der Waals surface area contributed by atoms with Crippen molar-refractivity contribution in [2.24, 2.45) is 23.7 Å². The second-order valence-electron chi connectivity index (χ2n) is 6.93. The van der Waals surface area contributed by atoms with Gasteiger partial charge in [-0.05, 0) is 30.6 Å². The summed E-state index contributed by atoms with van der Waals surface area (Å²) in [6.45, 7) is 5.47. The maximum Gasteiger partial charge on any atom is 0.407 e. The van der Waals surface area contributed by atoms with Gasteiger partial charge in [-0.2, -0.15) is 0 Å². The summed E-state index contributed by atoms with van der Waals surface area (Å²) >= 11 is 0. The van der Waals surface area contributed by atoms with Crippen LogP contribution < -0.4 is 5.32 Å². The molecule has 0 aromatic rings. The zero-order valence-electron chi connectivity index (χ0n) is 14.8. The van der Waals surface area contributed by atoms with Gasteiger partial charge in [0.25, 0.3) is 0 Å². The van der Waals surface area contributed by atoms with Crippen LogP contribution in [0.1, 0.15) is 46.0 Å². The van der Waals surface area contributed by atoms with E-state index in [9.17, 15) is 9.59 Å². The number of amides is 1. The van der Waals surface area contributed by atoms with Gasteiger partial charge in [-0.15, -0.1) is 11.8 Å². The minimum absolute atomic E-state index is 0.0491. The van der Waals surface area contributed by atoms with Gasteiger partial charge in [0.2, 0.25) is 0 Å². The Hall–Kier alpha value is -1.54. The van der Waals surface area contributed by atoms with Gasteiger partial charge in [0.1, 0.15) is 5.78 Å². The van der Waals surface area contributed by atoms with Gasteiger partial charge in [0.15, 0.2) is 0 Å². The highest BCUT2D eigenvalue weighted by atomic mass is 16.5. The molecule has 3 atom stereocenters. The molecule has 2 aliphatic carbocycles. The van der Waals surface area contributed by atoms with Gasteiger partial charge >= 0.3 is 6.09 Å². The minimum Gasteiger partial charge on any atom is -0.449 e. The summed E-state index contributed by atoms with van der Waals surface area (Å²) < 4.78 is 10.7. The number of Topliss-reactive ketones (excluding diaryl/α,β-unsaturated/α-hetero) is 1. The highest BCUT2D eigenvalue weighted by Crippen LogP contribution is 2.52. The SMILES string of the molecule is CC(C)C(=O)CCOCCNC(=O)OCC1[C@H]2CCC#CCC[C@@H]12. The molecule has 5 heteroatoms. The zero-order chi connectivity index (χ0) is 17.4. The molecule has 2 rings (SSSR count). The molecule has 0 aromatic heterocycles. The van der Waals surface area contributed by atoms with Gasteiger partial charge < -0.3 is 14.8 Å². The molecule has 134 valence electrons. The van der Waals surface area contributed by atoms with E-state index in [1.807, 2.05) is 13.8 Å². The number of alkyl carbamates (subject to hydrolysis) is 1. The van der Waals surface area contributed by atoms with Crippen molar-refractivity contribution in [3.8, 4) is 11.8 Å². The number of ketones is 1. The maximum atomic E-state index is 11.7. The predicted octanol–water partition coefficient (Wildman–Crippen LogP) is 2.78. The first-order chi connectivity index (χ1) is 11.6. The van der Waals surface area contributed by atoms with E-state index in [-0.39, 0.29) is 17.8 Å². The molecule has 0 aromatic carbocycles. The number of carbonyl (C=O) groups is 2. The van der Waals surface area contributed by atoms with Crippen LogP contribution in [0.2, 0.25) is 0 Å². The molecule has 0 bridgehead atoms. The predicted molar refractivity (Wildman–Crippen MR) is 91.3 cm³/mol. The molecule has 1 N–H and O–H groups in total. The van der Waals surface area contributed by atoms with Gasteiger partial charge in [0, 0.05) is 31.7 Å². The van der Waals surface area contributed by atoms with Crippen molar-refractivity contribution >= 4 is 11.9 Å². The molecular weight excluding hydrogens is 306 g/mol. The van der Waals surface area contributed by atoms with Gasteiger partial charge in [-0.25, -0.2) is 4.79 Å². The first-order valence-electron chi connectivity index (χ1n) is 9.06. The van der Waals surface area contributed by atoms with Crippen LogP contribution in [0.15, 0.2) is 0 Å². The Labute approximate surface area is 144 Å². The largest absolute Gasteiger partial charge is 0.449 e. The smallest absolute Gasteiger partial charge is 0.407 e. The molecule has 1 amide bonds. The molecule has 2 aliphatic rings. The highest BCUT2D eigenvalue weighted by Gasteiger charge is 2.49. The fraction of sp³-hybridized carbons (Fsp3) is 0.789. The van der Waals surface area contributed by atoms with E-state index in [2.05, 4.69) is 17.2 Å². The minimum atomic E-state index is -0.382. The molecule has 1 fully saturated rings. The van der Waals surface area contributed by atoms with Crippen LogP contribution >= 0.6 is 0 Å². The third-order valence-electron chi connectivity index (χ3n) is 4.90. The van der Waals surface area contributed by atoms with Crippen molar-refractivity contribution in [1.82, 2.24) is 5.32 Å². The fourth-order valence-corrected chi connectivity index (χ4v) is 3.29. The van der Waals surface area contributed by atoms with Crippen molar-refractivity contribution in [2.45, 2.75) is 46.0 Å². The van der Waals surface area contributed by atoms with Gasteiger partial charge in [-0.1, -0.05) is 13.8 Å². The topological polar surface area (TPSA) is 64.6 Å². The Balaban J connectivity index is 1.47. The lowest BCUT2D eigenvalue weighted by Gasteiger charge is -2.08. The van der Waals surface area contributed by atoms with Crippen LogP contribution in [0.25, 0.3) is 0 Å². The second kappa shape index (κ2) is 9.68. The quantitative estimate of drug-likeness (QED) is 0.520. The van der Waals surface area contributed by atoms with E-state index < -0.39 is 0 Å². The molecule has 0 saturated heterocycles. The fourth-order valence-electron chi connectivity index (χ4n) is 3.29. The second-order valence-corrected chi connectivity index (χ2v) is 6.93. The normalized spacial score (nSPS) is 24.9. The Morgan fingerprint density at radius 3 is 2.42 bits per heavy atom. The molecule has 5 nitrogen and oxygen atoms in total. The van der Waals surface area contributed by atoms with Crippen molar-refractivity contribution in [3.05, 3.63) is 0 Å². The highest BCUT2D eigenvalue weighted by molar-refractivity contribution is 5.80. The van der Waals surface area contributed by atoms with Crippen molar-refractivity contribution < 1.29 is 19.1 Å². The Morgan fingerprint density at radius 1 is 1.12 bits per heavy atom. The van der Waals surface area contributed by atoms with Crippen molar-refractivity contribution in [2.75, 3.05) is 26.4 Å². The third kappa shape index (κ3) is 6.16. The lowest BCUT2D eigenvalue weighted by atomic mass is 10.1. The number of hydrogen-bond donors (Lipinski definition) is 1. The summed E-state index contributed by atoms with van der Waals surface area (Å²) in [6, 6.07) is 0. The van der Waals surface area contributed by atoms with Crippen LogP contribution in [0, 0.1) is 35.5 Å². The molecule has 0 radical (unpaired) electrons. The van der Waals surface area contributed by atoms with Crippen molar-refractivity contribution in [3.63, 3.8) is 0 Å². The van der Waals surface area contributed by atoms with Crippen LogP contribution in [0.3, 0.4) is 0 Å². The van der Waals surface area contributed by atoms with Gasteiger partial charge in [0.05, 0.1) is 19.8 Å². The molecule has 1 unspecified atom stereocenters. The van der Waals surface area contributed by atoms with E-state index in [0.29, 0.717) is 50.5 Å².